The molecule has 3 aliphatic rings. The van der Waals surface area contributed by atoms with Crippen LogP contribution in [-0.2, 0) is 16.2 Å². The van der Waals surface area contributed by atoms with Crippen LogP contribution >= 0.6 is 0 Å². The number of benzene rings is 13. The van der Waals surface area contributed by atoms with Crippen LogP contribution in [0.2, 0.25) is 0 Å². The molecule has 2 nitrogen and oxygen atoms in total. The summed E-state index contributed by atoms with van der Waals surface area (Å²) in [6.07, 6.45) is 0. The van der Waals surface area contributed by atoms with Crippen molar-refractivity contribution in [3.8, 4) is 89.0 Å². The van der Waals surface area contributed by atoms with Gasteiger partial charge in [0, 0.05) is 50.4 Å². The minimum absolute atomic E-state index is 0.0684. The maximum atomic E-state index is 9.61. The molecule has 0 saturated carbocycles. The zero-order valence-corrected chi connectivity index (χ0v) is 53.0. The van der Waals surface area contributed by atoms with E-state index in [-0.39, 0.29) is 51.5 Å². The Bertz CT molecular complexity index is 5180. The van der Waals surface area contributed by atoms with Crippen LogP contribution in [0.3, 0.4) is 0 Å². The highest BCUT2D eigenvalue weighted by Gasteiger charge is 2.47. The van der Waals surface area contributed by atoms with E-state index in [9.17, 15) is 5.48 Å². The summed E-state index contributed by atoms with van der Waals surface area (Å²) in [4.78, 5) is 4.82. The molecule has 0 aromatic heterocycles. The molecule has 16 rings (SSSR count). The number of anilines is 6. The van der Waals surface area contributed by atoms with Crippen LogP contribution in [0.5, 0.6) is 0 Å². The van der Waals surface area contributed by atoms with Crippen molar-refractivity contribution in [3.63, 3.8) is 0 Å². The Balaban J connectivity index is 1.15. The van der Waals surface area contributed by atoms with Crippen LogP contribution in [0, 0.1) is 0 Å². The van der Waals surface area contributed by atoms with Crippen molar-refractivity contribution in [2.75, 3.05) is 9.80 Å². The molecule has 0 fully saturated rings. The second-order valence-corrected chi connectivity index (χ2v) is 27.3. The Morgan fingerprint density at radius 3 is 1.08 bits per heavy atom. The molecule has 3 heteroatoms. The molecule has 2 aliphatic heterocycles. The summed E-state index contributed by atoms with van der Waals surface area (Å²) in [7, 11) is 0. The molecule has 0 atom stereocenters. The monoisotopic (exact) mass is 1190 g/mol. The van der Waals surface area contributed by atoms with E-state index in [1.807, 2.05) is 48.5 Å². The molecule has 92 heavy (non-hydrogen) atoms. The number of hydrogen-bond donors (Lipinski definition) is 0. The predicted octanol–water partition coefficient (Wildman–Crippen LogP) is 22.3. The van der Waals surface area contributed by atoms with Crippen LogP contribution in [0.25, 0.3) is 89.0 Å². The van der Waals surface area contributed by atoms with Gasteiger partial charge in [-0.05, 0) is 165 Å². The largest absolute Gasteiger partial charge is 0.310 e. The van der Waals surface area contributed by atoms with Gasteiger partial charge in [-0.25, -0.2) is 0 Å². The maximum absolute atomic E-state index is 9.61. The van der Waals surface area contributed by atoms with E-state index in [1.54, 1.807) is 0 Å². The minimum atomic E-state index is -0.616. The summed E-state index contributed by atoms with van der Waals surface area (Å²) in [5, 5.41) is 0. The van der Waals surface area contributed by atoms with Gasteiger partial charge in [0.2, 0.25) is 0 Å². The Hall–Kier alpha value is -10.5. The van der Waals surface area contributed by atoms with Gasteiger partial charge in [0.25, 0.3) is 6.71 Å². The van der Waals surface area contributed by atoms with Gasteiger partial charge in [-0.2, -0.15) is 0 Å². The van der Waals surface area contributed by atoms with Crippen molar-refractivity contribution in [2.45, 2.75) is 71.6 Å². The van der Waals surface area contributed by atoms with Crippen LogP contribution in [0.15, 0.2) is 297 Å². The topological polar surface area (TPSA) is 6.48 Å². The zero-order chi connectivity index (χ0) is 71.3. The molecule has 1 aliphatic carbocycles. The van der Waals surface area contributed by atoms with E-state index < -0.39 is 43.0 Å². The fourth-order valence-corrected chi connectivity index (χ4v) is 14.7. The number of fused-ring (bicyclic) bond motifs is 7. The number of nitrogens with zero attached hydrogens (tertiary/aromatic N) is 2. The SMILES string of the molecule is [2H]c1c([2H])c([2H])c(-c2ccc3c(c2)N(c2c(-c4ccccc4)cc(C(C)(C)C)cc2-c2ccccc2)c2cc(-c4cccc5c4-c4ccccc4C5(C)C)cc4c2B3c2ccc(-c3c([2H])c([2H])c([2H])c([2H])c3[2H])cc2N4c2c(-c3ccccc3)cc(C(C)(C)C)cc2-c2ccccc2)c([2H])c1[2H]. The molecule has 0 amide bonds. The quantitative estimate of drug-likeness (QED) is 0.133. The molecule has 13 aromatic carbocycles. The highest BCUT2D eigenvalue weighted by atomic mass is 15.2. The molecule has 2 heterocycles. The third kappa shape index (κ3) is 9.39. The van der Waals surface area contributed by atoms with Gasteiger partial charge >= 0.3 is 0 Å². The first-order valence-electron chi connectivity index (χ1n) is 36.9. The first-order valence-corrected chi connectivity index (χ1v) is 31.9. The summed E-state index contributed by atoms with van der Waals surface area (Å²) in [5.74, 6) is 0. The van der Waals surface area contributed by atoms with Crippen molar-refractivity contribution in [1.82, 2.24) is 0 Å². The molecule has 0 bridgehead atoms. The van der Waals surface area contributed by atoms with E-state index in [1.165, 1.54) is 11.1 Å². The van der Waals surface area contributed by atoms with Crippen molar-refractivity contribution >= 4 is 57.2 Å². The lowest BCUT2D eigenvalue weighted by Gasteiger charge is -2.46. The van der Waals surface area contributed by atoms with E-state index in [0.717, 1.165) is 117 Å². The van der Waals surface area contributed by atoms with E-state index >= 15 is 0 Å². The Morgan fingerprint density at radius 1 is 0.315 bits per heavy atom. The highest BCUT2D eigenvalue weighted by Crippen LogP contribution is 2.58. The average Bonchev–Trinajstić information content (AvgIpc) is 0.776. The molecule has 0 N–H and O–H groups in total. The molecule has 0 spiro atoms. The van der Waals surface area contributed by atoms with Crippen LogP contribution in [0.1, 0.15) is 91.4 Å². The van der Waals surface area contributed by atoms with Crippen LogP contribution in [-0.4, -0.2) is 6.71 Å². The van der Waals surface area contributed by atoms with Crippen molar-refractivity contribution in [1.29, 1.82) is 0 Å². The van der Waals surface area contributed by atoms with Gasteiger partial charge in [0.15, 0.2) is 0 Å². The summed E-state index contributed by atoms with van der Waals surface area (Å²) < 4.78 is 92.4. The standard InChI is InChI=1S/C89H73BN2/c1-87(2,3)67-54-71(60-34-19-11-20-35-60)85(72(55-67)61-36-21-12-22-37-61)91-79-50-64(58-30-15-9-16-31-58)46-48-77(79)90-78-49-47-65(59-32-17-10-18-33-59)51-80(78)92(86-73(62-38-23-13-24-39-62)56-68(88(4,5)6)57-74(86)63-40-25-14-26-41-63)82-53-66(52-81(91)84(82)90)69-43-29-45-76-83(69)70-42-27-28-44-75(70)89(76,7)8/h9-57H,1-8H3/i9D,10D,15D,16D,17D,18D,30D,31D,32D,33D. The fourth-order valence-electron chi connectivity index (χ4n) is 14.7. The lowest BCUT2D eigenvalue weighted by Crippen LogP contribution is -2.61. The Labute approximate surface area is 558 Å². The lowest BCUT2D eigenvalue weighted by molar-refractivity contribution is 0.590. The summed E-state index contributed by atoms with van der Waals surface area (Å²) in [6.45, 7) is 17.4. The molecule has 13 aromatic rings. The summed E-state index contributed by atoms with van der Waals surface area (Å²) in [5.41, 5.74) is 23.9. The first kappa shape index (κ1) is 46.6. The summed E-state index contributed by atoms with van der Waals surface area (Å²) in [6, 6.07) is 79.5. The molecule has 0 radical (unpaired) electrons. The van der Waals surface area contributed by atoms with E-state index in [2.05, 4.69) is 253 Å². The normalized spacial score (nSPS) is 15.0. The van der Waals surface area contributed by atoms with Crippen LogP contribution in [0.4, 0.5) is 34.1 Å². The van der Waals surface area contributed by atoms with Gasteiger partial charge in [0.1, 0.15) is 0 Å². The van der Waals surface area contributed by atoms with Crippen molar-refractivity contribution < 1.29 is 13.7 Å². The lowest BCUT2D eigenvalue weighted by atomic mass is 9.33. The van der Waals surface area contributed by atoms with Gasteiger partial charge in [-0.15, -0.1) is 0 Å². The second-order valence-electron chi connectivity index (χ2n) is 27.3. The van der Waals surface area contributed by atoms with E-state index in [4.69, 9.17) is 8.22 Å². The highest BCUT2D eigenvalue weighted by molar-refractivity contribution is 7.00. The van der Waals surface area contributed by atoms with Gasteiger partial charge in [-0.1, -0.05) is 304 Å². The molecular formula is C89H73BN2. The van der Waals surface area contributed by atoms with Crippen molar-refractivity contribution in [2.24, 2.45) is 0 Å². The van der Waals surface area contributed by atoms with Gasteiger partial charge < -0.3 is 9.80 Å². The average molecular weight is 1190 g/mol. The minimum Gasteiger partial charge on any atom is -0.310 e. The maximum Gasteiger partial charge on any atom is 0.252 e. The van der Waals surface area contributed by atoms with Gasteiger partial charge in [-0.3, -0.25) is 0 Å². The Morgan fingerprint density at radius 2 is 0.674 bits per heavy atom. The molecule has 0 unspecified atom stereocenters. The predicted molar refractivity (Wildman–Crippen MR) is 393 cm³/mol. The second kappa shape index (κ2) is 21.9. The first-order chi connectivity index (χ1) is 48.8. The third-order valence-corrected chi connectivity index (χ3v) is 19.3. The molecular weight excluding hydrogens is 1110 g/mol. The Kier molecular flexibility index (Phi) is 11.1. The van der Waals surface area contributed by atoms with Gasteiger partial charge in [0.05, 0.1) is 25.1 Å². The van der Waals surface area contributed by atoms with Crippen molar-refractivity contribution in [3.05, 3.63) is 319 Å². The number of hydrogen-bond acceptors (Lipinski definition) is 2. The van der Waals surface area contributed by atoms with Crippen LogP contribution < -0.4 is 26.2 Å². The number of rotatable bonds is 9. The smallest absolute Gasteiger partial charge is 0.252 e. The van der Waals surface area contributed by atoms with E-state index in [0.29, 0.717) is 22.5 Å². The zero-order valence-electron chi connectivity index (χ0n) is 63.0. The summed E-state index contributed by atoms with van der Waals surface area (Å²) >= 11 is 0. The fraction of sp³-hybridized carbons (Fsp3) is 0.124. The molecule has 0 saturated heterocycles. The molecule has 442 valence electrons. The third-order valence-electron chi connectivity index (χ3n) is 19.3.